The Morgan fingerprint density at radius 3 is 2.71 bits per heavy atom. The molecule has 3 atom stereocenters. The summed E-state index contributed by atoms with van der Waals surface area (Å²) in [7, 11) is 0. The molecule has 0 radical (unpaired) electrons. The largest absolute Gasteiger partial charge is 0.378 e. The number of hydrogen-bond acceptors (Lipinski definition) is 2. The van der Waals surface area contributed by atoms with Gasteiger partial charge in [0.25, 0.3) is 0 Å². The van der Waals surface area contributed by atoms with E-state index in [0.717, 1.165) is 6.61 Å². The van der Waals surface area contributed by atoms with E-state index in [0.29, 0.717) is 18.2 Å². The second-order valence-electron chi connectivity index (χ2n) is 4.63. The van der Waals surface area contributed by atoms with Gasteiger partial charge in [0, 0.05) is 18.7 Å². The van der Waals surface area contributed by atoms with Crippen LogP contribution < -0.4 is 5.32 Å². The van der Waals surface area contributed by atoms with Crippen molar-refractivity contribution in [2.24, 2.45) is 0 Å². The lowest BCUT2D eigenvalue weighted by atomic mass is 10.1. The fraction of sp³-hybridized carbons (Fsp3) is 1.00. The fourth-order valence-corrected chi connectivity index (χ4v) is 2.29. The van der Waals surface area contributed by atoms with E-state index < -0.39 is 0 Å². The van der Waals surface area contributed by atoms with Crippen molar-refractivity contribution in [1.29, 1.82) is 0 Å². The topological polar surface area (TPSA) is 21.3 Å². The van der Waals surface area contributed by atoms with Crippen LogP contribution in [0.4, 0.5) is 0 Å². The standard InChI is InChI=1S/C12H25NO/c1-4-6-10(2)13-11(3)9-12-7-5-8-14-12/h10-13H,4-9H2,1-3H3. The Labute approximate surface area is 88.4 Å². The first kappa shape index (κ1) is 12.0. The molecule has 2 nitrogen and oxygen atoms in total. The van der Waals surface area contributed by atoms with Crippen molar-refractivity contribution in [3.05, 3.63) is 0 Å². The number of hydrogen-bond donors (Lipinski definition) is 1. The summed E-state index contributed by atoms with van der Waals surface area (Å²) < 4.78 is 5.63. The van der Waals surface area contributed by atoms with Crippen molar-refractivity contribution in [1.82, 2.24) is 5.32 Å². The Bertz CT molecular complexity index is 143. The molecule has 0 saturated carbocycles. The molecule has 1 N–H and O–H groups in total. The van der Waals surface area contributed by atoms with Gasteiger partial charge in [0.15, 0.2) is 0 Å². The van der Waals surface area contributed by atoms with Crippen molar-refractivity contribution < 1.29 is 4.74 Å². The third kappa shape index (κ3) is 4.43. The Kier molecular flexibility index (Phi) is 5.49. The zero-order valence-corrected chi connectivity index (χ0v) is 9.88. The molecule has 84 valence electrons. The SMILES string of the molecule is CCCC(C)NC(C)CC1CCCO1. The third-order valence-electron chi connectivity index (χ3n) is 2.93. The fourth-order valence-electron chi connectivity index (χ4n) is 2.29. The molecule has 2 heteroatoms. The zero-order chi connectivity index (χ0) is 10.4. The second-order valence-corrected chi connectivity index (χ2v) is 4.63. The smallest absolute Gasteiger partial charge is 0.0590 e. The van der Waals surface area contributed by atoms with Gasteiger partial charge >= 0.3 is 0 Å². The van der Waals surface area contributed by atoms with Gasteiger partial charge in [0.2, 0.25) is 0 Å². The summed E-state index contributed by atoms with van der Waals surface area (Å²) in [6.07, 6.45) is 6.74. The lowest BCUT2D eigenvalue weighted by Crippen LogP contribution is -2.36. The van der Waals surface area contributed by atoms with E-state index >= 15 is 0 Å². The van der Waals surface area contributed by atoms with Gasteiger partial charge in [-0.2, -0.15) is 0 Å². The molecular formula is C12H25NO. The maximum Gasteiger partial charge on any atom is 0.0590 e. The average Bonchev–Trinajstić information content (AvgIpc) is 2.56. The first-order valence-electron chi connectivity index (χ1n) is 6.10. The maximum absolute atomic E-state index is 5.63. The van der Waals surface area contributed by atoms with Crippen molar-refractivity contribution >= 4 is 0 Å². The second kappa shape index (κ2) is 6.41. The highest BCUT2D eigenvalue weighted by atomic mass is 16.5. The molecule has 0 spiro atoms. The van der Waals surface area contributed by atoms with Crippen LogP contribution in [0.1, 0.15) is 52.9 Å². The van der Waals surface area contributed by atoms with Crippen LogP contribution in [0.5, 0.6) is 0 Å². The lowest BCUT2D eigenvalue weighted by molar-refractivity contribution is 0.0951. The van der Waals surface area contributed by atoms with Crippen LogP contribution in [0, 0.1) is 0 Å². The molecular weight excluding hydrogens is 174 g/mol. The van der Waals surface area contributed by atoms with Crippen LogP contribution in [-0.4, -0.2) is 24.8 Å². The molecule has 1 rings (SSSR count). The molecule has 0 amide bonds. The van der Waals surface area contributed by atoms with Crippen LogP contribution in [-0.2, 0) is 4.74 Å². The van der Waals surface area contributed by atoms with Gasteiger partial charge in [0.1, 0.15) is 0 Å². The van der Waals surface area contributed by atoms with Gasteiger partial charge in [-0.1, -0.05) is 13.3 Å². The summed E-state index contributed by atoms with van der Waals surface area (Å²) in [4.78, 5) is 0. The molecule has 0 aromatic heterocycles. The molecule has 0 aromatic rings. The average molecular weight is 199 g/mol. The molecule has 0 aliphatic carbocycles. The van der Waals surface area contributed by atoms with Gasteiger partial charge in [-0.25, -0.2) is 0 Å². The molecule has 3 unspecified atom stereocenters. The summed E-state index contributed by atoms with van der Waals surface area (Å²) in [6.45, 7) is 7.76. The maximum atomic E-state index is 5.63. The van der Waals surface area contributed by atoms with E-state index in [2.05, 4.69) is 26.1 Å². The van der Waals surface area contributed by atoms with E-state index in [-0.39, 0.29) is 0 Å². The summed E-state index contributed by atoms with van der Waals surface area (Å²) in [5.41, 5.74) is 0. The van der Waals surface area contributed by atoms with E-state index in [1.54, 1.807) is 0 Å². The van der Waals surface area contributed by atoms with Crippen LogP contribution in [0.25, 0.3) is 0 Å². The van der Waals surface area contributed by atoms with Gasteiger partial charge < -0.3 is 10.1 Å². The molecule has 14 heavy (non-hydrogen) atoms. The number of rotatable bonds is 6. The van der Waals surface area contributed by atoms with Crippen LogP contribution in [0.2, 0.25) is 0 Å². The summed E-state index contributed by atoms with van der Waals surface area (Å²) in [5, 5.41) is 3.63. The van der Waals surface area contributed by atoms with E-state index in [9.17, 15) is 0 Å². The predicted octanol–water partition coefficient (Wildman–Crippen LogP) is 2.72. The van der Waals surface area contributed by atoms with Crippen molar-refractivity contribution in [3.63, 3.8) is 0 Å². The first-order chi connectivity index (χ1) is 6.72. The zero-order valence-electron chi connectivity index (χ0n) is 9.88. The van der Waals surface area contributed by atoms with Gasteiger partial charge in [0.05, 0.1) is 6.10 Å². The monoisotopic (exact) mass is 199 g/mol. The Morgan fingerprint density at radius 1 is 1.36 bits per heavy atom. The van der Waals surface area contributed by atoms with Gasteiger partial charge in [-0.3, -0.25) is 0 Å². The van der Waals surface area contributed by atoms with Crippen LogP contribution in [0.15, 0.2) is 0 Å². The third-order valence-corrected chi connectivity index (χ3v) is 2.93. The van der Waals surface area contributed by atoms with Gasteiger partial charge in [-0.05, 0) is 39.5 Å². The first-order valence-corrected chi connectivity index (χ1v) is 6.10. The Balaban J connectivity index is 2.10. The minimum absolute atomic E-state index is 0.520. The van der Waals surface area contributed by atoms with Crippen LogP contribution in [0.3, 0.4) is 0 Å². The molecule has 1 aliphatic rings. The Morgan fingerprint density at radius 2 is 2.14 bits per heavy atom. The lowest BCUT2D eigenvalue weighted by Gasteiger charge is -2.21. The predicted molar refractivity (Wildman–Crippen MR) is 60.6 cm³/mol. The minimum atomic E-state index is 0.520. The highest BCUT2D eigenvalue weighted by molar-refractivity contribution is 4.74. The summed E-state index contributed by atoms with van der Waals surface area (Å²) >= 11 is 0. The quantitative estimate of drug-likeness (QED) is 0.710. The molecule has 1 fully saturated rings. The minimum Gasteiger partial charge on any atom is -0.378 e. The molecule has 1 saturated heterocycles. The highest BCUT2D eigenvalue weighted by Crippen LogP contribution is 2.17. The van der Waals surface area contributed by atoms with Crippen molar-refractivity contribution in [2.75, 3.05) is 6.61 Å². The normalized spacial score (nSPS) is 26.4. The van der Waals surface area contributed by atoms with E-state index in [1.807, 2.05) is 0 Å². The molecule has 1 aliphatic heterocycles. The number of ether oxygens (including phenoxy) is 1. The molecule has 1 heterocycles. The summed E-state index contributed by atoms with van der Waals surface area (Å²) in [5.74, 6) is 0. The number of nitrogens with one attached hydrogen (secondary N) is 1. The van der Waals surface area contributed by atoms with E-state index in [1.165, 1.54) is 32.1 Å². The summed E-state index contributed by atoms with van der Waals surface area (Å²) in [6, 6.07) is 1.25. The van der Waals surface area contributed by atoms with E-state index in [4.69, 9.17) is 4.74 Å². The highest BCUT2D eigenvalue weighted by Gasteiger charge is 2.18. The molecule has 0 aromatic carbocycles. The van der Waals surface area contributed by atoms with Gasteiger partial charge in [-0.15, -0.1) is 0 Å². The van der Waals surface area contributed by atoms with Crippen LogP contribution >= 0.6 is 0 Å². The van der Waals surface area contributed by atoms with Crippen molar-refractivity contribution in [3.8, 4) is 0 Å². The Hall–Kier alpha value is -0.0800. The molecule has 0 bridgehead atoms. The van der Waals surface area contributed by atoms with Crippen molar-refractivity contribution in [2.45, 2.75) is 71.1 Å².